The molecule has 1 aliphatic rings. The summed E-state index contributed by atoms with van der Waals surface area (Å²) in [6.45, 7) is 3.85. The first-order chi connectivity index (χ1) is 13.2. The number of aromatic amines is 2. The maximum absolute atomic E-state index is 12.3. The van der Waals surface area contributed by atoms with Crippen molar-refractivity contribution >= 4 is 32.3 Å². The van der Waals surface area contributed by atoms with E-state index in [1.807, 2.05) is 6.08 Å². The molecule has 3 aromatic rings. The van der Waals surface area contributed by atoms with Crippen LogP contribution in [0.1, 0.15) is 39.8 Å². The van der Waals surface area contributed by atoms with Crippen molar-refractivity contribution in [3.8, 4) is 5.88 Å². The number of sulfone groups is 1. The molecule has 0 saturated heterocycles. The molecule has 3 N–H and O–H groups in total. The highest BCUT2D eigenvalue weighted by atomic mass is 32.2. The topological polar surface area (TPSA) is 112 Å². The minimum Gasteiger partial charge on any atom is -0.494 e. The summed E-state index contributed by atoms with van der Waals surface area (Å²) in [4.78, 5) is 18.6. The van der Waals surface area contributed by atoms with Gasteiger partial charge in [0.05, 0.1) is 28.3 Å². The summed E-state index contributed by atoms with van der Waals surface area (Å²) in [7, 11) is -3.39. The Morgan fingerprint density at radius 3 is 2.71 bits per heavy atom. The van der Waals surface area contributed by atoms with E-state index >= 15 is 0 Å². The molecule has 2 aromatic heterocycles. The van der Waals surface area contributed by atoms with Crippen LogP contribution in [0.5, 0.6) is 5.88 Å². The van der Waals surface area contributed by atoms with Gasteiger partial charge in [-0.2, -0.15) is 0 Å². The number of rotatable bonds is 4. The number of aromatic nitrogens is 2. The summed E-state index contributed by atoms with van der Waals surface area (Å²) in [5.74, 6) is -0.431. The molecule has 8 heteroatoms. The summed E-state index contributed by atoms with van der Waals surface area (Å²) in [6, 6.07) is 4.69. The molecule has 0 spiro atoms. The lowest BCUT2D eigenvalue weighted by Crippen LogP contribution is -2.07. The number of aryl methyl sites for hydroxylation is 1. The van der Waals surface area contributed by atoms with Crippen LogP contribution in [0.3, 0.4) is 0 Å². The van der Waals surface area contributed by atoms with E-state index in [0.29, 0.717) is 34.1 Å². The Balaban J connectivity index is 1.89. The van der Waals surface area contributed by atoms with Crippen molar-refractivity contribution in [2.24, 2.45) is 0 Å². The van der Waals surface area contributed by atoms with Crippen molar-refractivity contribution < 1.29 is 23.1 Å². The van der Waals surface area contributed by atoms with Crippen LogP contribution in [0.15, 0.2) is 29.2 Å². The molecule has 1 aliphatic carbocycles. The van der Waals surface area contributed by atoms with Crippen LogP contribution >= 0.6 is 0 Å². The number of hydrogen-bond acceptors (Lipinski definition) is 5. The third-order valence-corrected chi connectivity index (χ3v) is 6.11. The summed E-state index contributed by atoms with van der Waals surface area (Å²) in [6.07, 6.45) is 3.58. The zero-order chi connectivity index (χ0) is 20.2. The summed E-state index contributed by atoms with van der Waals surface area (Å²) >= 11 is 0. The maximum atomic E-state index is 12.3. The molecule has 28 heavy (non-hydrogen) atoms. The lowest BCUT2D eigenvalue weighted by molar-refractivity contribution is 0.0524. The van der Waals surface area contributed by atoms with Gasteiger partial charge >= 0.3 is 5.97 Å². The van der Waals surface area contributed by atoms with E-state index in [0.717, 1.165) is 23.1 Å². The van der Waals surface area contributed by atoms with Gasteiger partial charge in [0.1, 0.15) is 0 Å². The number of aromatic hydroxyl groups is 1. The molecule has 0 aliphatic heterocycles. The fourth-order valence-electron chi connectivity index (χ4n) is 3.78. The van der Waals surface area contributed by atoms with E-state index in [-0.39, 0.29) is 23.4 Å². The Labute approximate surface area is 162 Å². The first-order valence-electron chi connectivity index (χ1n) is 8.86. The van der Waals surface area contributed by atoms with Crippen LogP contribution in [0, 0.1) is 6.92 Å². The SMILES string of the molecule is CCOC(=O)c1c(C)[nH]c2c1CC=C2c1c(O)[nH]c2ccc(S(C)(=O)=O)cc12. The highest BCUT2D eigenvalue weighted by Crippen LogP contribution is 2.42. The number of allylic oxidation sites excluding steroid dienone is 1. The molecule has 0 unspecified atom stereocenters. The Hall–Kier alpha value is -3.00. The lowest BCUT2D eigenvalue weighted by Gasteiger charge is -2.04. The first-order valence-corrected chi connectivity index (χ1v) is 10.8. The Bertz CT molecular complexity index is 1260. The van der Waals surface area contributed by atoms with Crippen LogP contribution in [0.4, 0.5) is 0 Å². The number of fused-ring (bicyclic) bond motifs is 2. The third kappa shape index (κ3) is 2.72. The van der Waals surface area contributed by atoms with Gasteiger partial charge < -0.3 is 19.8 Å². The maximum Gasteiger partial charge on any atom is 0.340 e. The van der Waals surface area contributed by atoms with E-state index in [2.05, 4.69) is 9.97 Å². The standard InChI is InChI=1S/C20H20N2O5S/c1-4-27-20(24)16-10(2)21-18-12(16)6-7-13(18)17-14-9-11(28(3,25)26)5-8-15(14)22-19(17)23/h5,7-9,21-23H,4,6H2,1-3H3. The predicted molar refractivity (Wildman–Crippen MR) is 105 cm³/mol. The molecule has 0 saturated carbocycles. The van der Waals surface area contributed by atoms with Crippen molar-refractivity contribution in [3.05, 3.63) is 52.4 Å². The van der Waals surface area contributed by atoms with Gasteiger partial charge in [0.2, 0.25) is 0 Å². The van der Waals surface area contributed by atoms with Crippen LogP contribution in [-0.4, -0.2) is 42.3 Å². The zero-order valence-corrected chi connectivity index (χ0v) is 16.5. The van der Waals surface area contributed by atoms with E-state index in [4.69, 9.17) is 4.74 Å². The third-order valence-electron chi connectivity index (χ3n) is 5.00. The van der Waals surface area contributed by atoms with E-state index < -0.39 is 9.84 Å². The number of ether oxygens (including phenoxy) is 1. The molecule has 7 nitrogen and oxygen atoms in total. The van der Waals surface area contributed by atoms with Crippen molar-refractivity contribution in [2.45, 2.75) is 25.2 Å². The van der Waals surface area contributed by atoms with E-state index in [1.54, 1.807) is 26.0 Å². The summed E-state index contributed by atoms with van der Waals surface area (Å²) in [5.41, 5.74) is 4.63. The molecule has 0 atom stereocenters. The molecule has 4 rings (SSSR count). The smallest absolute Gasteiger partial charge is 0.340 e. The summed E-state index contributed by atoms with van der Waals surface area (Å²) in [5, 5.41) is 11.1. The summed E-state index contributed by atoms with van der Waals surface area (Å²) < 4.78 is 29.1. The predicted octanol–water partition coefficient (Wildman–Crippen LogP) is 3.08. The minimum absolute atomic E-state index is 0.0512. The minimum atomic E-state index is -3.39. The molecular formula is C20H20N2O5S. The first kappa shape index (κ1) is 18.4. The van der Waals surface area contributed by atoms with E-state index in [1.165, 1.54) is 6.07 Å². The fourth-order valence-corrected chi connectivity index (χ4v) is 4.43. The normalized spacial score (nSPS) is 13.6. The Kier molecular flexibility index (Phi) is 4.11. The highest BCUT2D eigenvalue weighted by molar-refractivity contribution is 7.90. The number of carbonyl (C=O) groups excluding carboxylic acids is 1. The second-order valence-corrected chi connectivity index (χ2v) is 8.86. The molecule has 0 bridgehead atoms. The van der Waals surface area contributed by atoms with Gasteiger partial charge in [-0.3, -0.25) is 0 Å². The highest BCUT2D eigenvalue weighted by Gasteiger charge is 2.30. The van der Waals surface area contributed by atoms with Crippen LogP contribution < -0.4 is 0 Å². The van der Waals surface area contributed by atoms with Crippen molar-refractivity contribution in [1.29, 1.82) is 0 Å². The largest absolute Gasteiger partial charge is 0.494 e. The molecule has 0 radical (unpaired) electrons. The second-order valence-electron chi connectivity index (χ2n) is 6.85. The number of nitrogens with one attached hydrogen (secondary N) is 2. The molecule has 1 aromatic carbocycles. The van der Waals surface area contributed by atoms with Gasteiger partial charge in [0.15, 0.2) is 15.7 Å². The monoisotopic (exact) mass is 400 g/mol. The van der Waals surface area contributed by atoms with Gasteiger partial charge in [0, 0.05) is 28.4 Å². The van der Waals surface area contributed by atoms with Gasteiger partial charge in [-0.25, -0.2) is 13.2 Å². The van der Waals surface area contributed by atoms with Crippen molar-refractivity contribution in [2.75, 3.05) is 12.9 Å². The number of H-pyrrole nitrogens is 2. The quantitative estimate of drug-likeness (QED) is 0.583. The van der Waals surface area contributed by atoms with Gasteiger partial charge in [-0.15, -0.1) is 0 Å². The fraction of sp³-hybridized carbons (Fsp3) is 0.250. The van der Waals surface area contributed by atoms with E-state index in [9.17, 15) is 18.3 Å². The number of benzene rings is 1. The molecule has 146 valence electrons. The molecule has 2 heterocycles. The Morgan fingerprint density at radius 1 is 1.29 bits per heavy atom. The second kappa shape index (κ2) is 6.27. The van der Waals surface area contributed by atoms with Crippen LogP contribution in [-0.2, 0) is 21.0 Å². The zero-order valence-electron chi connectivity index (χ0n) is 15.7. The van der Waals surface area contributed by atoms with Crippen LogP contribution in [0.2, 0.25) is 0 Å². The van der Waals surface area contributed by atoms with Gasteiger partial charge in [-0.1, -0.05) is 6.08 Å². The number of carbonyl (C=O) groups is 1. The number of esters is 1. The average Bonchev–Trinajstić information content (AvgIpc) is 3.23. The lowest BCUT2D eigenvalue weighted by atomic mass is 10.0. The number of hydrogen-bond donors (Lipinski definition) is 3. The van der Waals surface area contributed by atoms with Crippen LogP contribution in [0.25, 0.3) is 16.5 Å². The van der Waals surface area contributed by atoms with Crippen molar-refractivity contribution in [3.63, 3.8) is 0 Å². The Morgan fingerprint density at radius 2 is 2.04 bits per heavy atom. The molecule has 0 amide bonds. The van der Waals surface area contributed by atoms with Crippen molar-refractivity contribution in [1.82, 2.24) is 9.97 Å². The molecular weight excluding hydrogens is 380 g/mol. The average molecular weight is 400 g/mol. The van der Waals surface area contributed by atoms with Gasteiger partial charge in [0.25, 0.3) is 0 Å². The molecule has 0 fully saturated rings. The van der Waals surface area contributed by atoms with Gasteiger partial charge in [-0.05, 0) is 44.0 Å².